The second-order valence-electron chi connectivity index (χ2n) is 3.74. The highest BCUT2D eigenvalue weighted by atomic mass is 32.2. The van der Waals surface area contributed by atoms with Crippen molar-refractivity contribution in [1.82, 2.24) is 20.2 Å². The first kappa shape index (κ1) is 11.9. The van der Waals surface area contributed by atoms with Crippen LogP contribution >= 0.6 is 11.8 Å². The topological polar surface area (TPSA) is 64.7 Å². The molecule has 0 atom stereocenters. The minimum absolute atomic E-state index is 0.392. The predicted octanol–water partition coefficient (Wildman–Crippen LogP) is 2.82. The summed E-state index contributed by atoms with van der Waals surface area (Å²) < 4.78 is 5.53. The molecule has 0 radical (unpaired) electrons. The standard InChI is InChI=1S/C13H10N4OS/c1-2-4-10(5-3-1)9-19-13-17-16-12(18-13)11-8-14-6-7-15-11/h1-8H,9H2. The van der Waals surface area contributed by atoms with E-state index in [0.29, 0.717) is 16.8 Å². The smallest absolute Gasteiger partial charge is 0.277 e. The molecule has 0 aliphatic carbocycles. The quantitative estimate of drug-likeness (QED) is 0.679. The lowest BCUT2D eigenvalue weighted by atomic mass is 10.2. The number of aromatic nitrogens is 4. The molecule has 0 unspecified atom stereocenters. The number of hydrogen-bond acceptors (Lipinski definition) is 6. The fraction of sp³-hybridized carbons (Fsp3) is 0.0769. The number of thioether (sulfide) groups is 1. The molecule has 2 aromatic heterocycles. The third-order valence-electron chi connectivity index (χ3n) is 2.39. The first-order valence-electron chi connectivity index (χ1n) is 5.68. The maximum Gasteiger partial charge on any atom is 0.277 e. The second-order valence-corrected chi connectivity index (χ2v) is 4.66. The molecule has 19 heavy (non-hydrogen) atoms. The van der Waals surface area contributed by atoms with Crippen LogP contribution in [0.1, 0.15) is 5.56 Å². The fourth-order valence-corrected chi connectivity index (χ4v) is 2.22. The van der Waals surface area contributed by atoms with Gasteiger partial charge in [0.2, 0.25) is 0 Å². The minimum atomic E-state index is 0.392. The van der Waals surface area contributed by atoms with Gasteiger partial charge in [0.15, 0.2) is 0 Å². The molecule has 0 aliphatic rings. The van der Waals surface area contributed by atoms with E-state index >= 15 is 0 Å². The van der Waals surface area contributed by atoms with Gasteiger partial charge in [0.1, 0.15) is 5.69 Å². The molecule has 0 fully saturated rings. The van der Waals surface area contributed by atoms with E-state index < -0.39 is 0 Å². The summed E-state index contributed by atoms with van der Waals surface area (Å²) in [7, 11) is 0. The Morgan fingerprint density at radius 3 is 2.74 bits per heavy atom. The second kappa shape index (κ2) is 5.62. The molecule has 0 aliphatic heterocycles. The van der Waals surface area contributed by atoms with E-state index in [1.54, 1.807) is 18.6 Å². The minimum Gasteiger partial charge on any atom is -0.410 e. The molecule has 5 nitrogen and oxygen atoms in total. The van der Waals surface area contributed by atoms with Crippen molar-refractivity contribution in [3.05, 3.63) is 54.5 Å². The van der Waals surface area contributed by atoms with Crippen LogP contribution in [0.3, 0.4) is 0 Å². The monoisotopic (exact) mass is 270 g/mol. The maximum absolute atomic E-state index is 5.53. The van der Waals surface area contributed by atoms with E-state index in [-0.39, 0.29) is 0 Å². The number of nitrogens with zero attached hydrogens (tertiary/aromatic N) is 4. The number of hydrogen-bond donors (Lipinski definition) is 0. The third kappa shape index (κ3) is 2.97. The third-order valence-corrected chi connectivity index (χ3v) is 3.28. The summed E-state index contributed by atoms with van der Waals surface area (Å²) in [5.41, 5.74) is 1.80. The summed E-state index contributed by atoms with van der Waals surface area (Å²) >= 11 is 1.50. The zero-order valence-corrected chi connectivity index (χ0v) is 10.7. The Morgan fingerprint density at radius 2 is 1.95 bits per heavy atom. The van der Waals surface area contributed by atoms with Crippen LogP contribution in [0.25, 0.3) is 11.6 Å². The molecule has 1 aromatic carbocycles. The highest BCUT2D eigenvalue weighted by molar-refractivity contribution is 7.98. The van der Waals surface area contributed by atoms with Crippen LogP contribution < -0.4 is 0 Å². The van der Waals surface area contributed by atoms with Gasteiger partial charge in [-0.15, -0.1) is 10.2 Å². The van der Waals surface area contributed by atoms with Crippen molar-refractivity contribution < 1.29 is 4.42 Å². The zero-order chi connectivity index (χ0) is 12.9. The Bertz CT molecular complexity index is 642. The van der Waals surface area contributed by atoms with Crippen molar-refractivity contribution in [3.63, 3.8) is 0 Å². The van der Waals surface area contributed by atoms with Gasteiger partial charge in [-0.2, -0.15) is 0 Å². The molecule has 0 N–H and O–H groups in total. The van der Waals surface area contributed by atoms with Crippen LogP contribution in [0, 0.1) is 0 Å². The van der Waals surface area contributed by atoms with E-state index in [2.05, 4.69) is 32.3 Å². The molecule has 3 aromatic rings. The van der Waals surface area contributed by atoms with Crippen LogP contribution in [0.5, 0.6) is 0 Å². The highest BCUT2D eigenvalue weighted by Crippen LogP contribution is 2.24. The lowest BCUT2D eigenvalue weighted by Crippen LogP contribution is -1.83. The van der Waals surface area contributed by atoms with Gasteiger partial charge in [-0.25, -0.2) is 4.98 Å². The van der Waals surface area contributed by atoms with Crippen LogP contribution in [-0.4, -0.2) is 20.2 Å². The Labute approximate surface area is 114 Å². The first-order valence-corrected chi connectivity index (χ1v) is 6.67. The Morgan fingerprint density at radius 1 is 1.05 bits per heavy atom. The van der Waals surface area contributed by atoms with E-state index in [0.717, 1.165) is 5.75 Å². The fourth-order valence-electron chi connectivity index (χ4n) is 1.50. The van der Waals surface area contributed by atoms with Crippen molar-refractivity contribution in [2.24, 2.45) is 0 Å². The molecule has 0 amide bonds. The van der Waals surface area contributed by atoms with Gasteiger partial charge < -0.3 is 4.42 Å². The van der Waals surface area contributed by atoms with Crippen LogP contribution in [0.4, 0.5) is 0 Å². The van der Waals surface area contributed by atoms with E-state index in [4.69, 9.17) is 4.42 Å². The molecular weight excluding hydrogens is 260 g/mol. The van der Waals surface area contributed by atoms with E-state index in [9.17, 15) is 0 Å². The lowest BCUT2D eigenvalue weighted by Gasteiger charge is -1.96. The predicted molar refractivity (Wildman–Crippen MR) is 71.3 cm³/mol. The Hall–Kier alpha value is -2.21. The molecule has 0 saturated carbocycles. The van der Waals surface area contributed by atoms with Crippen molar-refractivity contribution in [2.45, 2.75) is 11.0 Å². The summed E-state index contributed by atoms with van der Waals surface area (Å²) in [6.45, 7) is 0. The van der Waals surface area contributed by atoms with Gasteiger partial charge in [0.25, 0.3) is 11.1 Å². The van der Waals surface area contributed by atoms with Gasteiger partial charge in [0, 0.05) is 18.1 Å². The van der Waals surface area contributed by atoms with Crippen LogP contribution in [-0.2, 0) is 5.75 Å². The summed E-state index contributed by atoms with van der Waals surface area (Å²) in [5.74, 6) is 1.19. The number of benzene rings is 1. The largest absolute Gasteiger partial charge is 0.410 e. The van der Waals surface area contributed by atoms with Crippen molar-refractivity contribution in [2.75, 3.05) is 0 Å². The lowest BCUT2D eigenvalue weighted by molar-refractivity contribution is 0.464. The maximum atomic E-state index is 5.53. The van der Waals surface area contributed by atoms with E-state index in [1.165, 1.54) is 17.3 Å². The van der Waals surface area contributed by atoms with Crippen molar-refractivity contribution >= 4 is 11.8 Å². The van der Waals surface area contributed by atoms with Gasteiger partial charge in [0.05, 0.1) is 6.20 Å². The molecule has 3 rings (SSSR count). The summed E-state index contributed by atoms with van der Waals surface area (Å²) in [6.07, 6.45) is 4.79. The van der Waals surface area contributed by atoms with Gasteiger partial charge in [-0.3, -0.25) is 4.98 Å². The molecule has 94 valence electrons. The molecule has 0 bridgehead atoms. The summed E-state index contributed by atoms with van der Waals surface area (Å²) in [5, 5.41) is 8.48. The van der Waals surface area contributed by atoms with Crippen molar-refractivity contribution in [1.29, 1.82) is 0 Å². The first-order chi connectivity index (χ1) is 9.42. The van der Waals surface area contributed by atoms with Gasteiger partial charge in [-0.1, -0.05) is 42.1 Å². The van der Waals surface area contributed by atoms with Crippen LogP contribution in [0.2, 0.25) is 0 Å². The Kier molecular flexibility index (Phi) is 3.51. The molecule has 2 heterocycles. The normalized spacial score (nSPS) is 10.5. The summed E-state index contributed by atoms with van der Waals surface area (Å²) in [6, 6.07) is 10.1. The summed E-state index contributed by atoms with van der Waals surface area (Å²) in [4.78, 5) is 8.08. The highest BCUT2D eigenvalue weighted by Gasteiger charge is 2.10. The van der Waals surface area contributed by atoms with Crippen LogP contribution in [0.15, 0.2) is 58.6 Å². The van der Waals surface area contributed by atoms with Gasteiger partial charge in [-0.05, 0) is 5.56 Å². The SMILES string of the molecule is c1ccc(CSc2nnc(-c3cnccn3)o2)cc1. The molecular formula is C13H10N4OS. The van der Waals surface area contributed by atoms with Crippen molar-refractivity contribution in [3.8, 4) is 11.6 Å². The zero-order valence-electron chi connectivity index (χ0n) is 9.93. The van der Waals surface area contributed by atoms with E-state index in [1.807, 2.05) is 18.2 Å². The molecule has 0 spiro atoms. The van der Waals surface area contributed by atoms with Gasteiger partial charge >= 0.3 is 0 Å². The molecule has 6 heteroatoms. The molecule has 0 saturated heterocycles. The number of rotatable bonds is 4. The average Bonchev–Trinajstić information content (AvgIpc) is 2.96. The average molecular weight is 270 g/mol. The Balaban J connectivity index is 1.69.